The first-order valence-electron chi connectivity index (χ1n) is 5.74. The van der Waals surface area contributed by atoms with Gasteiger partial charge >= 0.3 is 0 Å². The molecule has 1 aliphatic carbocycles. The Labute approximate surface area is 115 Å². The molecule has 1 amide bonds. The number of alkyl halides is 1. The second kappa shape index (κ2) is 5.18. The summed E-state index contributed by atoms with van der Waals surface area (Å²) in [4.78, 5) is 12.2. The molecule has 1 aromatic rings. The highest BCUT2D eigenvalue weighted by Gasteiger charge is 2.43. The number of amides is 1. The van der Waals surface area contributed by atoms with Crippen molar-refractivity contribution in [3.05, 3.63) is 23.8 Å². The van der Waals surface area contributed by atoms with Gasteiger partial charge in [-0.05, 0) is 25.0 Å². The molecule has 0 atom stereocenters. The van der Waals surface area contributed by atoms with Gasteiger partial charge < -0.3 is 14.8 Å². The normalized spacial score (nSPS) is 15.9. The van der Waals surface area contributed by atoms with Crippen LogP contribution in [0.5, 0.6) is 11.5 Å². The van der Waals surface area contributed by atoms with Crippen molar-refractivity contribution in [1.82, 2.24) is 5.32 Å². The average Bonchev–Trinajstić information content (AvgIpc) is 3.18. The number of carbonyl (C=O) groups is 1. The molecule has 1 aromatic carbocycles. The van der Waals surface area contributed by atoms with Crippen molar-refractivity contribution in [3.8, 4) is 11.5 Å². The fraction of sp³-hybridized carbons (Fsp3) is 0.462. The molecule has 18 heavy (non-hydrogen) atoms. The highest BCUT2D eigenvalue weighted by molar-refractivity contribution is 9.09. The molecular formula is C13H16BrNO3. The third-order valence-electron chi connectivity index (χ3n) is 3.14. The molecule has 1 N–H and O–H groups in total. The highest BCUT2D eigenvalue weighted by Crippen LogP contribution is 2.37. The van der Waals surface area contributed by atoms with Crippen LogP contribution in [0.15, 0.2) is 18.2 Å². The van der Waals surface area contributed by atoms with Gasteiger partial charge in [-0.1, -0.05) is 15.9 Å². The van der Waals surface area contributed by atoms with Gasteiger partial charge in [0.15, 0.2) is 0 Å². The number of benzene rings is 1. The largest absolute Gasteiger partial charge is 0.497 e. The molecule has 0 aromatic heterocycles. The number of hydrogen-bond donors (Lipinski definition) is 1. The van der Waals surface area contributed by atoms with E-state index in [0.717, 1.165) is 18.2 Å². The molecule has 0 heterocycles. The number of hydrogen-bond acceptors (Lipinski definition) is 3. The predicted octanol–water partition coefficient (Wildman–Crippen LogP) is 2.36. The Morgan fingerprint density at radius 1 is 1.39 bits per heavy atom. The minimum atomic E-state index is -0.105. The van der Waals surface area contributed by atoms with Crippen molar-refractivity contribution in [2.45, 2.75) is 18.4 Å². The van der Waals surface area contributed by atoms with E-state index in [2.05, 4.69) is 21.2 Å². The summed E-state index contributed by atoms with van der Waals surface area (Å²) in [5.41, 5.74) is 0.465. The van der Waals surface area contributed by atoms with E-state index in [1.54, 1.807) is 32.4 Å². The van der Waals surface area contributed by atoms with Gasteiger partial charge in [0.2, 0.25) is 0 Å². The maximum atomic E-state index is 12.2. The van der Waals surface area contributed by atoms with E-state index in [-0.39, 0.29) is 11.4 Å². The van der Waals surface area contributed by atoms with Crippen LogP contribution in [-0.4, -0.2) is 31.0 Å². The van der Waals surface area contributed by atoms with Crippen LogP contribution < -0.4 is 14.8 Å². The number of ether oxygens (including phenoxy) is 2. The summed E-state index contributed by atoms with van der Waals surface area (Å²) in [7, 11) is 3.13. The van der Waals surface area contributed by atoms with Crippen molar-refractivity contribution in [3.63, 3.8) is 0 Å². The molecule has 0 unspecified atom stereocenters. The number of carbonyl (C=O) groups excluding carboxylic acids is 1. The fourth-order valence-corrected chi connectivity index (χ4v) is 2.44. The van der Waals surface area contributed by atoms with E-state index < -0.39 is 0 Å². The summed E-state index contributed by atoms with van der Waals surface area (Å²) >= 11 is 3.43. The quantitative estimate of drug-likeness (QED) is 0.849. The van der Waals surface area contributed by atoms with Crippen LogP contribution in [-0.2, 0) is 0 Å². The Morgan fingerprint density at radius 3 is 2.61 bits per heavy atom. The molecular weight excluding hydrogens is 298 g/mol. The van der Waals surface area contributed by atoms with Crippen LogP contribution in [0.3, 0.4) is 0 Å². The zero-order chi connectivity index (χ0) is 13.2. The summed E-state index contributed by atoms with van der Waals surface area (Å²) < 4.78 is 10.3. The minimum Gasteiger partial charge on any atom is -0.497 e. The molecule has 0 spiro atoms. The smallest absolute Gasteiger partial charge is 0.255 e. The summed E-state index contributed by atoms with van der Waals surface area (Å²) in [6.45, 7) is 0. The topological polar surface area (TPSA) is 47.6 Å². The first-order valence-corrected chi connectivity index (χ1v) is 6.87. The molecule has 98 valence electrons. The zero-order valence-corrected chi connectivity index (χ0v) is 12.0. The molecule has 0 aliphatic heterocycles. The van der Waals surface area contributed by atoms with Gasteiger partial charge in [-0.2, -0.15) is 0 Å². The molecule has 1 saturated carbocycles. The van der Waals surface area contributed by atoms with E-state index in [9.17, 15) is 4.79 Å². The standard InChI is InChI=1S/C13H16BrNO3/c1-17-9-3-4-10(11(7-9)18-2)12(16)15-13(8-14)5-6-13/h3-4,7H,5-6,8H2,1-2H3,(H,15,16). The lowest BCUT2D eigenvalue weighted by molar-refractivity contribution is 0.0933. The second-order valence-electron chi connectivity index (χ2n) is 4.43. The molecule has 4 nitrogen and oxygen atoms in total. The van der Waals surface area contributed by atoms with Gasteiger partial charge in [0.05, 0.1) is 25.3 Å². The van der Waals surface area contributed by atoms with Gasteiger partial charge in [-0.3, -0.25) is 4.79 Å². The first-order chi connectivity index (χ1) is 8.64. The number of methoxy groups -OCH3 is 2. The number of nitrogens with one attached hydrogen (secondary N) is 1. The molecule has 1 fully saturated rings. The number of rotatable bonds is 5. The summed E-state index contributed by atoms with van der Waals surface area (Å²) in [5, 5.41) is 3.82. The van der Waals surface area contributed by atoms with Gasteiger partial charge in [0, 0.05) is 11.4 Å². The Bertz CT molecular complexity index is 458. The molecule has 0 radical (unpaired) electrons. The zero-order valence-electron chi connectivity index (χ0n) is 10.5. The molecule has 5 heteroatoms. The maximum Gasteiger partial charge on any atom is 0.255 e. The number of halogens is 1. The average molecular weight is 314 g/mol. The van der Waals surface area contributed by atoms with Crippen LogP contribution in [0.2, 0.25) is 0 Å². The summed E-state index contributed by atoms with van der Waals surface area (Å²) in [6, 6.07) is 5.19. The van der Waals surface area contributed by atoms with Gasteiger partial charge in [0.25, 0.3) is 5.91 Å². The highest BCUT2D eigenvalue weighted by atomic mass is 79.9. The van der Waals surface area contributed by atoms with E-state index in [1.165, 1.54) is 0 Å². The van der Waals surface area contributed by atoms with E-state index in [4.69, 9.17) is 9.47 Å². The van der Waals surface area contributed by atoms with Gasteiger partial charge in [0.1, 0.15) is 11.5 Å². The third kappa shape index (κ3) is 2.61. The Hall–Kier alpha value is -1.23. The van der Waals surface area contributed by atoms with Crippen LogP contribution in [0.4, 0.5) is 0 Å². The van der Waals surface area contributed by atoms with Crippen molar-refractivity contribution in [2.75, 3.05) is 19.5 Å². The van der Waals surface area contributed by atoms with Crippen LogP contribution in [0, 0.1) is 0 Å². The van der Waals surface area contributed by atoms with E-state index in [0.29, 0.717) is 17.1 Å². The lowest BCUT2D eigenvalue weighted by Crippen LogP contribution is -2.38. The molecule has 1 aliphatic rings. The lowest BCUT2D eigenvalue weighted by Gasteiger charge is -2.16. The molecule has 0 bridgehead atoms. The van der Waals surface area contributed by atoms with Crippen molar-refractivity contribution < 1.29 is 14.3 Å². The van der Waals surface area contributed by atoms with Crippen LogP contribution in [0.1, 0.15) is 23.2 Å². The Morgan fingerprint density at radius 2 is 2.11 bits per heavy atom. The third-order valence-corrected chi connectivity index (χ3v) is 4.21. The Balaban J connectivity index is 2.19. The molecule has 2 rings (SSSR count). The van der Waals surface area contributed by atoms with Crippen molar-refractivity contribution in [1.29, 1.82) is 0 Å². The molecule has 0 saturated heterocycles. The van der Waals surface area contributed by atoms with Crippen molar-refractivity contribution >= 4 is 21.8 Å². The maximum absolute atomic E-state index is 12.2. The SMILES string of the molecule is COc1ccc(C(=O)NC2(CBr)CC2)c(OC)c1. The van der Waals surface area contributed by atoms with Crippen LogP contribution in [0.25, 0.3) is 0 Å². The lowest BCUT2D eigenvalue weighted by atomic mass is 10.1. The van der Waals surface area contributed by atoms with Gasteiger partial charge in [-0.15, -0.1) is 0 Å². The van der Waals surface area contributed by atoms with Crippen molar-refractivity contribution in [2.24, 2.45) is 0 Å². The minimum absolute atomic E-state index is 0.0674. The summed E-state index contributed by atoms with van der Waals surface area (Å²) in [6.07, 6.45) is 2.03. The first kappa shape index (κ1) is 13.2. The monoisotopic (exact) mass is 313 g/mol. The van der Waals surface area contributed by atoms with E-state index >= 15 is 0 Å². The fourth-order valence-electron chi connectivity index (χ4n) is 1.74. The Kier molecular flexibility index (Phi) is 3.80. The predicted molar refractivity (Wildman–Crippen MR) is 72.8 cm³/mol. The van der Waals surface area contributed by atoms with Crippen LogP contribution >= 0.6 is 15.9 Å². The van der Waals surface area contributed by atoms with Gasteiger partial charge in [-0.25, -0.2) is 0 Å². The second-order valence-corrected chi connectivity index (χ2v) is 5.00. The summed E-state index contributed by atoms with van der Waals surface area (Å²) in [5.74, 6) is 1.09. The van der Waals surface area contributed by atoms with E-state index in [1.807, 2.05) is 0 Å².